The van der Waals surface area contributed by atoms with Crippen LogP contribution in [0.25, 0.3) is 27.6 Å². The number of benzene rings is 7. The number of anilines is 2. The fourth-order valence-corrected chi connectivity index (χ4v) is 9.89. The molecule has 0 unspecified atom stereocenters. The first-order chi connectivity index (χ1) is 34.6. The molecule has 0 heterocycles. The van der Waals surface area contributed by atoms with Gasteiger partial charge >= 0.3 is 0 Å². The van der Waals surface area contributed by atoms with E-state index in [9.17, 15) is 69.6 Å². The number of Topliss-reactive ketones (excluding diaryl/α,β-unsaturated/α-hetero) is 1. The highest BCUT2D eigenvalue weighted by Crippen LogP contribution is 2.44. The number of azo groups is 3. The molecular formula is C43H31N9O17S5. The number of carbonyl (C=O) groups excluding carboxylic acids is 1. The van der Waals surface area contributed by atoms with Crippen LogP contribution in [0.4, 0.5) is 45.5 Å². The number of rotatable bonds is 14. The third-order valence-corrected chi connectivity index (χ3v) is 14.9. The van der Waals surface area contributed by atoms with Crippen LogP contribution in [-0.4, -0.2) is 83.5 Å². The topological polar surface area (TPSA) is 423 Å². The molecule has 1 aliphatic carbocycles. The van der Waals surface area contributed by atoms with Crippen molar-refractivity contribution in [3.05, 3.63) is 131 Å². The molecule has 0 spiro atoms. The Morgan fingerprint density at radius 1 is 0.500 bits per heavy atom. The molecule has 0 aromatic heterocycles. The van der Waals surface area contributed by atoms with Crippen molar-refractivity contribution in [2.75, 3.05) is 18.3 Å². The number of ketones is 1. The Morgan fingerprint density at radius 3 is 1.53 bits per heavy atom. The van der Waals surface area contributed by atoms with E-state index in [2.05, 4.69) is 41.2 Å². The molecule has 0 radical (unpaired) electrons. The smallest absolute Gasteiger partial charge is 0.296 e. The maximum atomic E-state index is 14.1. The van der Waals surface area contributed by atoms with Crippen molar-refractivity contribution < 1.29 is 74.4 Å². The van der Waals surface area contributed by atoms with Gasteiger partial charge in [-0.1, -0.05) is 24.3 Å². The Bertz CT molecular complexity index is 4340. The van der Waals surface area contributed by atoms with Crippen molar-refractivity contribution in [3.8, 4) is 5.75 Å². The van der Waals surface area contributed by atoms with Gasteiger partial charge < -0.3 is 10.5 Å². The van der Waals surface area contributed by atoms with E-state index >= 15 is 0 Å². The van der Waals surface area contributed by atoms with E-state index in [0.717, 1.165) is 60.7 Å². The van der Waals surface area contributed by atoms with Gasteiger partial charge in [0.15, 0.2) is 5.71 Å². The maximum Gasteiger partial charge on any atom is 0.296 e. The van der Waals surface area contributed by atoms with Gasteiger partial charge in [-0.25, -0.2) is 0 Å². The number of nitrogen functional groups attached to an aromatic ring is 1. The van der Waals surface area contributed by atoms with Gasteiger partial charge in [-0.05, 0) is 91.0 Å². The number of hydrogen-bond donors (Lipinski definition) is 7. The number of carbonyl (C=O) groups is 1. The molecule has 26 nitrogen and oxygen atoms in total. The summed E-state index contributed by atoms with van der Waals surface area (Å²) >= 11 is 0. The molecule has 0 amide bonds. The predicted octanol–water partition coefficient (Wildman–Crippen LogP) is 8.71. The lowest BCUT2D eigenvalue weighted by Gasteiger charge is -2.19. The molecule has 7 aromatic rings. The number of hydrogen-bond acceptors (Lipinski definition) is 21. The number of ether oxygens (including phenoxy) is 1. The Kier molecular flexibility index (Phi) is 13.7. The fourth-order valence-electron chi connectivity index (χ4n) is 7.18. The summed E-state index contributed by atoms with van der Waals surface area (Å²) in [5.41, 5.74) is 6.36. The van der Waals surface area contributed by atoms with Gasteiger partial charge in [-0.15, -0.1) is 20.5 Å². The Labute approximate surface area is 418 Å². The number of methoxy groups -OCH3 is 1. The normalized spacial score (nSPS) is 14.4. The summed E-state index contributed by atoms with van der Waals surface area (Å²) in [5, 5.41) is 28.7. The number of nitrogens with two attached hydrogens (primary N) is 1. The van der Waals surface area contributed by atoms with Crippen LogP contribution in [0.5, 0.6) is 5.75 Å². The number of hydrazone groups is 1. The third kappa shape index (κ3) is 11.0. The third-order valence-electron chi connectivity index (χ3n) is 10.6. The molecule has 0 fully saturated rings. The van der Waals surface area contributed by atoms with Crippen LogP contribution >= 0.6 is 0 Å². The summed E-state index contributed by atoms with van der Waals surface area (Å²) in [5.74, 6) is -1.28. The molecule has 7 aromatic carbocycles. The summed E-state index contributed by atoms with van der Waals surface area (Å²) < 4.78 is 177. The summed E-state index contributed by atoms with van der Waals surface area (Å²) in [7, 11) is -23.1. The zero-order valence-corrected chi connectivity index (χ0v) is 41.0. The fraction of sp³-hybridized carbons (Fsp3) is 0.0233. The van der Waals surface area contributed by atoms with Gasteiger partial charge in [0.05, 0.1) is 60.8 Å². The summed E-state index contributed by atoms with van der Waals surface area (Å²) in [6, 6.07) is 22.2. The van der Waals surface area contributed by atoms with Gasteiger partial charge in [-0.3, -0.25) is 33.0 Å². The monoisotopic (exact) mass is 1110 g/mol. The van der Waals surface area contributed by atoms with Crippen LogP contribution < -0.4 is 15.9 Å². The van der Waals surface area contributed by atoms with Crippen LogP contribution in [0, 0.1) is 0 Å². The molecule has 74 heavy (non-hydrogen) atoms. The number of fused-ring (bicyclic) bond motifs is 3. The highest BCUT2D eigenvalue weighted by molar-refractivity contribution is 7.91. The second-order valence-corrected chi connectivity index (χ2v) is 22.4. The Morgan fingerprint density at radius 2 is 0.986 bits per heavy atom. The zero-order chi connectivity index (χ0) is 53.7. The van der Waals surface area contributed by atoms with Crippen molar-refractivity contribution in [2.45, 2.75) is 19.6 Å². The lowest BCUT2D eigenvalue weighted by molar-refractivity contribution is 0.106. The van der Waals surface area contributed by atoms with E-state index < -0.39 is 86.6 Å². The van der Waals surface area contributed by atoms with Gasteiger partial charge in [0, 0.05) is 38.7 Å². The minimum Gasteiger partial charge on any atom is -0.494 e. The molecule has 380 valence electrons. The van der Waals surface area contributed by atoms with Crippen molar-refractivity contribution in [1.29, 1.82) is 0 Å². The SMILES string of the molecule is COc1cc(N=Nc2ccc(N=Nc3cccc(S(=O)(=O)O)c3)c3ccc(S(=O)(=O)O)cc23)c2cc(S(=O)(=O)O)ccc2c1N/N=C1/C(=O)c2ccc(N)c(N=Nc3cccc(S(=O)(=O)O)c3)c2C=C1S(=O)(=O)O. The molecule has 31 heteroatoms. The minimum absolute atomic E-state index is 0.000713. The highest BCUT2D eigenvalue weighted by atomic mass is 32.2. The number of allylic oxidation sites excluding steroid dienone is 1. The van der Waals surface area contributed by atoms with Crippen molar-refractivity contribution in [2.24, 2.45) is 35.8 Å². The lowest BCUT2D eigenvalue weighted by atomic mass is 9.92. The predicted molar refractivity (Wildman–Crippen MR) is 265 cm³/mol. The van der Waals surface area contributed by atoms with Crippen LogP contribution in [0.15, 0.2) is 176 Å². The van der Waals surface area contributed by atoms with Crippen molar-refractivity contribution >= 4 is 135 Å². The second kappa shape index (κ2) is 19.4. The van der Waals surface area contributed by atoms with E-state index in [1.807, 2.05) is 0 Å². The molecule has 0 aliphatic heterocycles. The molecule has 1 aliphatic rings. The van der Waals surface area contributed by atoms with Gasteiger partial charge in [0.2, 0.25) is 5.78 Å². The average Bonchev–Trinajstić information content (AvgIpc) is 3.33. The van der Waals surface area contributed by atoms with Crippen LogP contribution in [-0.2, 0) is 50.6 Å². The van der Waals surface area contributed by atoms with Gasteiger partial charge in [0.25, 0.3) is 50.6 Å². The van der Waals surface area contributed by atoms with Crippen LogP contribution in [0.3, 0.4) is 0 Å². The average molecular weight is 1110 g/mol. The van der Waals surface area contributed by atoms with E-state index in [1.165, 1.54) is 67.8 Å². The van der Waals surface area contributed by atoms with E-state index in [-0.39, 0.29) is 83.9 Å². The molecule has 0 saturated heterocycles. The first-order valence-corrected chi connectivity index (χ1v) is 27.4. The van der Waals surface area contributed by atoms with Crippen LogP contribution in [0.2, 0.25) is 0 Å². The van der Waals surface area contributed by atoms with Crippen LogP contribution in [0.1, 0.15) is 15.9 Å². The molecule has 0 atom stereocenters. The number of nitrogens with zero attached hydrogens (tertiary/aromatic N) is 7. The first kappa shape index (κ1) is 52.2. The van der Waals surface area contributed by atoms with Crippen molar-refractivity contribution in [1.82, 2.24) is 0 Å². The summed E-state index contributed by atoms with van der Waals surface area (Å²) in [4.78, 5) is 10.8. The second-order valence-electron chi connectivity index (χ2n) is 15.3. The molecular weight excluding hydrogens is 1070 g/mol. The van der Waals surface area contributed by atoms with Crippen molar-refractivity contribution in [3.63, 3.8) is 0 Å². The zero-order valence-electron chi connectivity index (χ0n) is 36.9. The Hall–Kier alpha value is -8.11. The number of nitrogens with one attached hydrogen (secondary N) is 1. The summed E-state index contributed by atoms with van der Waals surface area (Å²) in [6.07, 6.45) is 0.826. The highest BCUT2D eigenvalue weighted by Gasteiger charge is 2.35. The van der Waals surface area contributed by atoms with Gasteiger partial charge in [0.1, 0.15) is 22.0 Å². The van der Waals surface area contributed by atoms with Gasteiger partial charge in [-0.2, -0.15) is 57.4 Å². The minimum atomic E-state index is -5.32. The first-order valence-electron chi connectivity index (χ1n) is 20.2. The largest absolute Gasteiger partial charge is 0.494 e. The molecule has 8 rings (SSSR count). The molecule has 0 bridgehead atoms. The van der Waals surface area contributed by atoms with E-state index in [0.29, 0.717) is 0 Å². The quantitative estimate of drug-likeness (QED) is 0.0231. The van der Waals surface area contributed by atoms with E-state index in [4.69, 9.17) is 10.5 Å². The lowest BCUT2D eigenvalue weighted by Crippen LogP contribution is -2.27. The molecule has 0 saturated carbocycles. The summed E-state index contributed by atoms with van der Waals surface area (Å²) in [6.45, 7) is 0. The van der Waals surface area contributed by atoms with E-state index in [1.54, 1.807) is 0 Å². The molecule has 8 N–H and O–H groups in total. The standard InChI is InChI=1S/C43H31N9O17S5/c1-69-38-21-37(49-48-36-15-14-35(28-10-8-26(18-31(28)36)72(60,61)62)47-45-22-4-2-6-24(16-22)70(54,55)56)32-19-27(73(63,64)65)9-11-29(32)41(38)51-52-42-39(74(66,67)68)20-33-30(43(42)53)12-13-34(44)40(33)50-46-23-5-3-7-25(17-23)71(57,58)59/h2-21,51H,44H2,1H3,(H,54,55,56)(H,57,58,59)(H,60,61,62)(H,63,64,65)(H,66,67,68)/b47-45?,49-48?,50-46?,52-42+. The maximum absolute atomic E-state index is 14.1. The Balaban J connectivity index is 1.23.